The van der Waals surface area contributed by atoms with Crippen LogP contribution < -0.4 is 27.4 Å². The van der Waals surface area contributed by atoms with Crippen LogP contribution in [0.15, 0.2) is 4.99 Å². The number of carbonyl (C=O) groups is 2. The lowest BCUT2D eigenvalue weighted by Crippen LogP contribution is -2.67. The van der Waals surface area contributed by atoms with E-state index < -0.39 is 42.4 Å². The Bertz CT molecular complexity index is 789. The molecule has 4 heterocycles. The van der Waals surface area contributed by atoms with Crippen LogP contribution in [0.2, 0.25) is 0 Å². The van der Waals surface area contributed by atoms with Gasteiger partial charge in [0.25, 0.3) is 0 Å². The summed E-state index contributed by atoms with van der Waals surface area (Å²) in [6.07, 6.45) is -1.97. The number of halogens is 2. The van der Waals surface area contributed by atoms with Crippen LogP contribution in [0.5, 0.6) is 0 Å². The molecule has 11 nitrogen and oxygen atoms in total. The minimum absolute atomic E-state index is 0.0344. The fourth-order valence-corrected chi connectivity index (χ4v) is 5.46. The molecule has 5 atom stereocenters. The molecular formula is C22H38F2N8O3. The number of hydrogen-bond donors (Lipinski definition) is 5. The van der Waals surface area contributed by atoms with E-state index in [1.54, 1.807) is 7.11 Å². The van der Waals surface area contributed by atoms with Gasteiger partial charge in [-0.05, 0) is 25.9 Å². The summed E-state index contributed by atoms with van der Waals surface area (Å²) < 4.78 is 33.9. The van der Waals surface area contributed by atoms with Crippen molar-refractivity contribution in [2.24, 2.45) is 28.3 Å². The summed E-state index contributed by atoms with van der Waals surface area (Å²) in [6.45, 7) is 2.95. The predicted molar refractivity (Wildman–Crippen MR) is 126 cm³/mol. The molecule has 3 saturated heterocycles. The van der Waals surface area contributed by atoms with E-state index in [0.29, 0.717) is 45.6 Å². The minimum atomic E-state index is -1.19. The number of carbonyl (C=O) groups excluding carboxylic acids is 2. The molecular weight excluding hydrogens is 462 g/mol. The molecule has 35 heavy (non-hydrogen) atoms. The van der Waals surface area contributed by atoms with Gasteiger partial charge >= 0.3 is 0 Å². The Morgan fingerprint density at radius 2 is 1.89 bits per heavy atom. The molecule has 0 saturated carbocycles. The van der Waals surface area contributed by atoms with E-state index in [2.05, 4.69) is 20.9 Å². The number of nitrogens with two attached hydrogens (primary N) is 2. The van der Waals surface area contributed by atoms with Gasteiger partial charge in [0.2, 0.25) is 11.8 Å². The number of hydrogen-bond acceptors (Lipinski definition) is 9. The van der Waals surface area contributed by atoms with Crippen LogP contribution in [0, 0.1) is 11.8 Å². The number of nitrogens with zero attached hydrogens (tertiary/aromatic N) is 3. The molecule has 0 aliphatic carbocycles. The Labute approximate surface area is 204 Å². The van der Waals surface area contributed by atoms with Gasteiger partial charge in [-0.2, -0.15) is 0 Å². The van der Waals surface area contributed by atoms with Crippen LogP contribution in [-0.4, -0.2) is 124 Å². The summed E-state index contributed by atoms with van der Waals surface area (Å²) in [4.78, 5) is 33.9. The van der Waals surface area contributed by atoms with Crippen molar-refractivity contribution in [1.29, 1.82) is 0 Å². The molecule has 4 rings (SSSR count). The van der Waals surface area contributed by atoms with Crippen LogP contribution in [0.4, 0.5) is 8.78 Å². The second-order valence-electron chi connectivity index (χ2n) is 9.95. The van der Waals surface area contributed by atoms with Crippen molar-refractivity contribution in [1.82, 2.24) is 25.8 Å². The molecule has 3 fully saturated rings. The number of amidine groups is 1. The molecule has 0 aromatic heterocycles. The summed E-state index contributed by atoms with van der Waals surface area (Å²) >= 11 is 0. The van der Waals surface area contributed by atoms with Crippen LogP contribution in [0.3, 0.4) is 0 Å². The Morgan fingerprint density at radius 1 is 1.17 bits per heavy atom. The highest BCUT2D eigenvalue weighted by molar-refractivity contribution is 6.04. The number of amides is 2. The van der Waals surface area contributed by atoms with E-state index in [4.69, 9.17) is 16.2 Å². The van der Waals surface area contributed by atoms with Crippen molar-refractivity contribution < 1.29 is 23.1 Å². The molecule has 0 aromatic carbocycles. The van der Waals surface area contributed by atoms with E-state index in [0.717, 1.165) is 0 Å². The maximum Gasteiger partial charge on any atom is 0.233 e. The quantitative estimate of drug-likeness (QED) is 0.242. The lowest BCUT2D eigenvalue weighted by atomic mass is 9.89. The van der Waals surface area contributed by atoms with Crippen molar-refractivity contribution in [3.8, 4) is 0 Å². The van der Waals surface area contributed by atoms with Gasteiger partial charge in [-0.3, -0.25) is 19.5 Å². The van der Waals surface area contributed by atoms with Gasteiger partial charge in [-0.25, -0.2) is 8.78 Å². The SMILES string of the molecule is COC1CN(C(=O)C2CCN(C3C(F)CNCC3NC(=O)C(C3=NCC(F)CN3)C(N)N)CC2)C1. The fraction of sp³-hybridized carbons (Fsp3) is 0.864. The Morgan fingerprint density at radius 3 is 2.49 bits per heavy atom. The number of likely N-dealkylation sites (tertiary alicyclic amines) is 2. The van der Waals surface area contributed by atoms with Crippen LogP contribution >= 0.6 is 0 Å². The molecule has 0 spiro atoms. The third-order valence-electron chi connectivity index (χ3n) is 7.53. The molecule has 4 aliphatic rings. The van der Waals surface area contributed by atoms with Gasteiger partial charge in [-0.15, -0.1) is 0 Å². The second-order valence-corrected chi connectivity index (χ2v) is 9.95. The van der Waals surface area contributed by atoms with Crippen molar-refractivity contribution in [2.75, 3.05) is 59.5 Å². The monoisotopic (exact) mass is 500 g/mol. The first-order valence-electron chi connectivity index (χ1n) is 12.4. The topological polar surface area (TPSA) is 150 Å². The van der Waals surface area contributed by atoms with E-state index in [1.807, 2.05) is 9.80 Å². The predicted octanol–water partition coefficient (Wildman–Crippen LogP) is -2.45. The number of piperidine rings is 2. The molecule has 2 amide bonds. The largest absolute Gasteiger partial charge is 0.378 e. The highest BCUT2D eigenvalue weighted by Gasteiger charge is 2.43. The van der Waals surface area contributed by atoms with Gasteiger partial charge < -0.3 is 37.1 Å². The van der Waals surface area contributed by atoms with Gasteiger partial charge in [0, 0.05) is 45.8 Å². The average Bonchev–Trinajstić information content (AvgIpc) is 2.80. The van der Waals surface area contributed by atoms with E-state index in [1.165, 1.54) is 0 Å². The lowest BCUT2D eigenvalue weighted by molar-refractivity contribution is -0.149. The number of aliphatic imine (C=N–C) groups is 1. The zero-order chi connectivity index (χ0) is 25.1. The Hall–Kier alpha value is -1.93. The molecule has 13 heteroatoms. The Kier molecular flexibility index (Phi) is 8.53. The van der Waals surface area contributed by atoms with Gasteiger partial charge in [0.1, 0.15) is 24.1 Å². The first-order chi connectivity index (χ1) is 16.8. The smallest absolute Gasteiger partial charge is 0.233 e. The van der Waals surface area contributed by atoms with Crippen LogP contribution in [0.1, 0.15) is 12.8 Å². The van der Waals surface area contributed by atoms with Crippen molar-refractivity contribution in [3.63, 3.8) is 0 Å². The van der Waals surface area contributed by atoms with Crippen molar-refractivity contribution in [3.05, 3.63) is 0 Å². The highest BCUT2D eigenvalue weighted by atomic mass is 19.1. The highest BCUT2D eigenvalue weighted by Crippen LogP contribution is 2.27. The fourth-order valence-electron chi connectivity index (χ4n) is 5.46. The number of alkyl halides is 2. The molecule has 5 unspecified atom stereocenters. The first-order valence-corrected chi connectivity index (χ1v) is 12.4. The first kappa shape index (κ1) is 26.1. The average molecular weight is 501 g/mol. The summed E-state index contributed by atoms with van der Waals surface area (Å²) in [7, 11) is 1.65. The number of rotatable bonds is 7. The molecule has 4 aliphatic heterocycles. The summed E-state index contributed by atoms with van der Waals surface area (Å²) in [5.41, 5.74) is 11.7. The van der Waals surface area contributed by atoms with Crippen molar-refractivity contribution in [2.45, 2.75) is 49.5 Å². The van der Waals surface area contributed by atoms with Gasteiger partial charge in [0.15, 0.2) is 0 Å². The standard InChI is InChI=1S/C22H38F2N8O3/c1-35-14-10-32(11-14)22(34)12-2-4-31(5-3-12)18-15(24)8-27-9-16(18)30-21(33)17(19(25)26)20-28-6-13(23)7-29-20/h12-19,27H,2-11,25-26H2,1H3,(H,28,29)(H,30,33). The van der Waals surface area contributed by atoms with E-state index in [-0.39, 0.29) is 43.4 Å². The Balaban J connectivity index is 1.36. The molecule has 0 bridgehead atoms. The van der Waals surface area contributed by atoms with Gasteiger partial charge in [-0.1, -0.05) is 0 Å². The van der Waals surface area contributed by atoms with Crippen LogP contribution in [0.25, 0.3) is 0 Å². The third kappa shape index (κ3) is 5.91. The van der Waals surface area contributed by atoms with E-state index in [9.17, 15) is 14.0 Å². The maximum atomic E-state index is 15.1. The molecule has 198 valence electrons. The maximum absolute atomic E-state index is 15.1. The molecule has 7 N–H and O–H groups in total. The van der Waals surface area contributed by atoms with Crippen LogP contribution in [-0.2, 0) is 14.3 Å². The summed E-state index contributed by atoms with van der Waals surface area (Å²) in [5, 5.41) is 8.76. The third-order valence-corrected chi connectivity index (χ3v) is 7.53. The summed E-state index contributed by atoms with van der Waals surface area (Å²) in [5.74, 6) is -1.14. The number of nitrogens with one attached hydrogen (secondary N) is 3. The zero-order valence-electron chi connectivity index (χ0n) is 20.2. The zero-order valence-corrected chi connectivity index (χ0v) is 20.2. The molecule has 0 aromatic rings. The lowest BCUT2D eigenvalue weighted by Gasteiger charge is -2.46. The summed E-state index contributed by atoms with van der Waals surface area (Å²) in [6, 6.07) is -1.06. The minimum Gasteiger partial charge on any atom is -0.378 e. The number of methoxy groups -OCH3 is 1. The van der Waals surface area contributed by atoms with E-state index >= 15 is 4.39 Å². The van der Waals surface area contributed by atoms with Crippen molar-refractivity contribution >= 4 is 17.6 Å². The molecule has 0 radical (unpaired) electrons. The number of ether oxygens (including phenoxy) is 1. The normalized spacial score (nSPS) is 31.9. The second kappa shape index (κ2) is 11.4. The van der Waals surface area contributed by atoms with Gasteiger partial charge in [0.05, 0.1) is 30.9 Å².